The number of aromatic nitrogens is 3. The Morgan fingerprint density at radius 2 is 2.57 bits per heavy atom. The van der Waals surface area contributed by atoms with Crippen LogP contribution in [-0.4, -0.2) is 39.8 Å². The Balaban J connectivity index is 2.59. The number of amides is 1. The molecule has 0 bridgehead atoms. The summed E-state index contributed by atoms with van der Waals surface area (Å²) < 4.78 is 0. The molecule has 1 aromatic heterocycles. The minimum atomic E-state index is -0.235. The van der Waals surface area contributed by atoms with E-state index in [1.807, 2.05) is 0 Å². The van der Waals surface area contributed by atoms with Gasteiger partial charge in [0.1, 0.15) is 0 Å². The van der Waals surface area contributed by atoms with Gasteiger partial charge in [0.2, 0.25) is 0 Å². The summed E-state index contributed by atoms with van der Waals surface area (Å²) >= 11 is 0. The highest BCUT2D eigenvalue weighted by Gasteiger charge is 2.15. The van der Waals surface area contributed by atoms with E-state index in [1.54, 1.807) is 14.0 Å². The van der Waals surface area contributed by atoms with Crippen molar-refractivity contribution < 1.29 is 4.79 Å². The summed E-state index contributed by atoms with van der Waals surface area (Å²) in [5.41, 5.74) is 0.262. The molecule has 1 N–H and O–H groups in total. The molecule has 0 saturated carbocycles. The number of hydrogen-bond acceptors (Lipinski definition) is 4. The summed E-state index contributed by atoms with van der Waals surface area (Å²) in [6, 6.07) is 2.06. The van der Waals surface area contributed by atoms with Crippen LogP contribution in [0.2, 0.25) is 0 Å². The van der Waals surface area contributed by atoms with Crippen LogP contribution in [0.5, 0.6) is 0 Å². The molecule has 0 aromatic carbocycles. The van der Waals surface area contributed by atoms with Crippen molar-refractivity contribution >= 4 is 5.91 Å². The number of H-pyrrole nitrogens is 1. The van der Waals surface area contributed by atoms with Crippen molar-refractivity contribution in [2.45, 2.75) is 6.92 Å². The van der Waals surface area contributed by atoms with E-state index in [0.717, 1.165) is 0 Å². The average Bonchev–Trinajstić information content (AvgIpc) is 2.69. The van der Waals surface area contributed by atoms with E-state index >= 15 is 0 Å². The topological polar surface area (TPSA) is 85.7 Å². The van der Waals surface area contributed by atoms with Crippen LogP contribution in [0.25, 0.3) is 0 Å². The van der Waals surface area contributed by atoms with E-state index < -0.39 is 0 Å². The molecule has 0 saturated heterocycles. The quantitative estimate of drug-likeness (QED) is 0.734. The van der Waals surface area contributed by atoms with Gasteiger partial charge in [-0.1, -0.05) is 0 Å². The zero-order valence-corrected chi connectivity index (χ0v) is 8.06. The molecule has 0 spiro atoms. The Kier molecular flexibility index (Phi) is 3.18. The lowest BCUT2D eigenvalue weighted by molar-refractivity contribution is 0.0779. The number of aromatic amines is 1. The number of nitrogens with one attached hydrogen (secondary N) is 1. The Labute approximate surface area is 81.5 Å². The maximum absolute atomic E-state index is 11.6. The van der Waals surface area contributed by atoms with Crippen molar-refractivity contribution in [3.63, 3.8) is 0 Å². The first kappa shape index (κ1) is 10.2. The van der Waals surface area contributed by atoms with Crippen LogP contribution in [0, 0.1) is 17.2 Å². The molecule has 1 unspecified atom stereocenters. The second-order valence-corrected chi connectivity index (χ2v) is 3.07. The number of hydrogen-bond donors (Lipinski definition) is 1. The number of nitriles is 1. The van der Waals surface area contributed by atoms with Crippen molar-refractivity contribution in [3.8, 4) is 6.07 Å². The molecule has 1 aromatic rings. The third-order valence-electron chi connectivity index (χ3n) is 1.75. The van der Waals surface area contributed by atoms with Gasteiger partial charge >= 0.3 is 0 Å². The van der Waals surface area contributed by atoms with Crippen LogP contribution >= 0.6 is 0 Å². The van der Waals surface area contributed by atoms with E-state index in [2.05, 4.69) is 21.5 Å². The van der Waals surface area contributed by atoms with Gasteiger partial charge in [-0.25, -0.2) is 0 Å². The normalized spacial score (nSPS) is 11.8. The van der Waals surface area contributed by atoms with Crippen molar-refractivity contribution in [1.29, 1.82) is 5.26 Å². The molecule has 0 aliphatic carbocycles. The molecule has 1 atom stereocenters. The van der Waals surface area contributed by atoms with Crippen molar-refractivity contribution in [3.05, 3.63) is 11.9 Å². The van der Waals surface area contributed by atoms with E-state index in [-0.39, 0.29) is 17.5 Å². The summed E-state index contributed by atoms with van der Waals surface area (Å²) in [6.45, 7) is 2.15. The number of carbonyl (C=O) groups excluding carboxylic acids is 1. The second kappa shape index (κ2) is 4.37. The van der Waals surface area contributed by atoms with Crippen LogP contribution in [0.1, 0.15) is 17.4 Å². The molecule has 14 heavy (non-hydrogen) atoms. The van der Waals surface area contributed by atoms with Gasteiger partial charge in [-0.3, -0.25) is 4.79 Å². The van der Waals surface area contributed by atoms with Gasteiger partial charge in [0.15, 0.2) is 5.69 Å². The van der Waals surface area contributed by atoms with Gasteiger partial charge in [-0.15, -0.1) is 0 Å². The van der Waals surface area contributed by atoms with Gasteiger partial charge in [0.05, 0.1) is 18.2 Å². The standard InChI is InChI=1S/C8H11N5O/c1-6(3-9)5-13(2)8(14)7-4-10-12-11-7/h4,6H,5H2,1-2H3,(H,10,11,12). The number of nitrogens with zero attached hydrogens (tertiary/aromatic N) is 4. The molecule has 6 heteroatoms. The minimum Gasteiger partial charge on any atom is -0.339 e. The lowest BCUT2D eigenvalue weighted by atomic mass is 10.2. The first-order chi connectivity index (χ1) is 6.65. The lowest BCUT2D eigenvalue weighted by Crippen LogP contribution is -2.30. The Morgan fingerprint density at radius 1 is 1.86 bits per heavy atom. The zero-order valence-electron chi connectivity index (χ0n) is 8.06. The smallest absolute Gasteiger partial charge is 0.275 e. The van der Waals surface area contributed by atoms with Crippen LogP contribution in [0.4, 0.5) is 0 Å². The first-order valence-electron chi connectivity index (χ1n) is 4.16. The zero-order chi connectivity index (χ0) is 10.6. The predicted molar refractivity (Wildman–Crippen MR) is 48.1 cm³/mol. The number of carbonyl (C=O) groups is 1. The predicted octanol–water partition coefficient (Wildman–Crippen LogP) is 0.0364. The van der Waals surface area contributed by atoms with Gasteiger partial charge in [-0.2, -0.15) is 20.7 Å². The fraction of sp³-hybridized carbons (Fsp3) is 0.500. The van der Waals surface area contributed by atoms with Gasteiger partial charge < -0.3 is 4.90 Å². The van der Waals surface area contributed by atoms with E-state index in [1.165, 1.54) is 11.1 Å². The third-order valence-corrected chi connectivity index (χ3v) is 1.75. The molecular formula is C8H11N5O. The highest BCUT2D eigenvalue weighted by molar-refractivity contribution is 5.91. The molecule has 74 valence electrons. The van der Waals surface area contributed by atoms with Crippen LogP contribution in [0.15, 0.2) is 6.20 Å². The summed E-state index contributed by atoms with van der Waals surface area (Å²) in [6.07, 6.45) is 1.36. The monoisotopic (exact) mass is 193 g/mol. The van der Waals surface area contributed by atoms with Crippen LogP contribution in [-0.2, 0) is 0 Å². The second-order valence-electron chi connectivity index (χ2n) is 3.07. The molecule has 0 radical (unpaired) electrons. The molecule has 1 amide bonds. The van der Waals surface area contributed by atoms with Gasteiger partial charge in [0, 0.05) is 13.6 Å². The molecule has 0 aliphatic rings. The highest BCUT2D eigenvalue weighted by Crippen LogP contribution is 2.01. The highest BCUT2D eigenvalue weighted by atomic mass is 16.2. The lowest BCUT2D eigenvalue weighted by Gasteiger charge is -2.16. The van der Waals surface area contributed by atoms with Crippen molar-refractivity contribution in [1.82, 2.24) is 20.3 Å². The Bertz CT molecular complexity index is 339. The first-order valence-corrected chi connectivity index (χ1v) is 4.16. The summed E-state index contributed by atoms with van der Waals surface area (Å²) in [5, 5.41) is 18.1. The minimum absolute atomic E-state index is 0.184. The molecule has 6 nitrogen and oxygen atoms in total. The van der Waals surface area contributed by atoms with Crippen LogP contribution < -0.4 is 0 Å². The van der Waals surface area contributed by atoms with Crippen molar-refractivity contribution in [2.24, 2.45) is 5.92 Å². The fourth-order valence-corrected chi connectivity index (χ4v) is 1.03. The molecule has 0 fully saturated rings. The summed E-state index contributed by atoms with van der Waals surface area (Å²) in [7, 11) is 1.63. The van der Waals surface area contributed by atoms with Crippen LogP contribution in [0.3, 0.4) is 0 Å². The van der Waals surface area contributed by atoms with E-state index in [0.29, 0.717) is 6.54 Å². The Morgan fingerprint density at radius 3 is 3.07 bits per heavy atom. The maximum Gasteiger partial charge on any atom is 0.275 e. The van der Waals surface area contributed by atoms with E-state index in [9.17, 15) is 4.79 Å². The fourth-order valence-electron chi connectivity index (χ4n) is 1.03. The number of rotatable bonds is 3. The molecular weight excluding hydrogens is 182 g/mol. The Hall–Kier alpha value is -1.90. The molecule has 0 aliphatic heterocycles. The third kappa shape index (κ3) is 2.29. The summed E-state index contributed by atoms with van der Waals surface area (Å²) in [5.74, 6) is -0.420. The SMILES string of the molecule is CC(C#N)CN(C)C(=O)c1cn[nH]n1. The maximum atomic E-state index is 11.6. The molecule has 1 heterocycles. The van der Waals surface area contributed by atoms with Crippen molar-refractivity contribution in [2.75, 3.05) is 13.6 Å². The van der Waals surface area contributed by atoms with Gasteiger partial charge in [-0.05, 0) is 6.92 Å². The van der Waals surface area contributed by atoms with Gasteiger partial charge in [0.25, 0.3) is 5.91 Å². The summed E-state index contributed by atoms with van der Waals surface area (Å²) in [4.78, 5) is 13.0. The molecule has 1 rings (SSSR count). The van der Waals surface area contributed by atoms with E-state index in [4.69, 9.17) is 5.26 Å². The average molecular weight is 193 g/mol. The largest absolute Gasteiger partial charge is 0.339 e.